The molecule has 2 heterocycles. The molecule has 0 radical (unpaired) electrons. The molecule has 3 rings (SSSR count). The Kier molecular flexibility index (Phi) is 3.22. The third-order valence-corrected chi connectivity index (χ3v) is 5.08. The highest BCUT2D eigenvalue weighted by Crippen LogP contribution is 2.32. The van der Waals surface area contributed by atoms with Gasteiger partial charge in [-0.3, -0.25) is 4.79 Å². The van der Waals surface area contributed by atoms with Crippen LogP contribution in [0.2, 0.25) is 5.02 Å². The van der Waals surface area contributed by atoms with Crippen LogP contribution >= 0.6 is 11.6 Å². The fourth-order valence-electron chi connectivity index (χ4n) is 2.21. The van der Waals surface area contributed by atoms with E-state index in [4.69, 9.17) is 17.3 Å². The second-order valence-corrected chi connectivity index (χ2v) is 7.00. The number of amides is 1. The number of hydrogen-bond acceptors (Lipinski definition) is 4. The maximum Gasteiger partial charge on any atom is 0.266 e. The van der Waals surface area contributed by atoms with Crippen molar-refractivity contribution in [3.05, 3.63) is 40.8 Å². The van der Waals surface area contributed by atoms with Gasteiger partial charge in [-0.25, -0.2) is 13.4 Å². The Balaban J connectivity index is 2.40. The highest BCUT2D eigenvalue weighted by atomic mass is 35.5. The summed E-state index contributed by atoms with van der Waals surface area (Å²) in [6.07, 6.45) is 1.39. The summed E-state index contributed by atoms with van der Waals surface area (Å²) in [7, 11) is -4.05. The number of benzene rings is 1. The molecule has 2 aromatic heterocycles. The molecule has 0 aliphatic carbocycles. The number of carbonyl (C=O) groups excluding carboxylic acids is 1. The number of rotatable bonds is 3. The van der Waals surface area contributed by atoms with Gasteiger partial charge in [0.25, 0.3) is 5.91 Å². The van der Waals surface area contributed by atoms with Gasteiger partial charge < -0.3 is 15.7 Å². The zero-order chi connectivity index (χ0) is 16.1. The number of hydrogen-bond donors (Lipinski definition) is 3. The molecule has 0 bridgehead atoms. The summed E-state index contributed by atoms with van der Waals surface area (Å²) in [5, 5.41) is 0.373. The third-order valence-electron chi connectivity index (χ3n) is 3.16. The number of imidazole rings is 1. The van der Waals surface area contributed by atoms with Crippen molar-refractivity contribution in [1.82, 2.24) is 15.0 Å². The number of primary amides is 1. The van der Waals surface area contributed by atoms with Gasteiger partial charge in [0.05, 0.1) is 0 Å². The minimum absolute atomic E-state index is 0.202. The molecule has 1 aromatic carbocycles. The molecule has 0 saturated carbocycles. The first kappa shape index (κ1) is 14.6. The van der Waals surface area contributed by atoms with E-state index in [9.17, 15) is 13.2 Å². The first-order chi connectivity index (χ1) is 10.3. The molecule has 114 valence electrons. The maximum atomic E-state index is 12.8. The monoisotopic (exact) mass is 338 g/mol. The van der Waals surface area contributed by atoms with Crippen molar-refractivity contribution in [1.29, 1.82) is 0 Å². The van der Waals surface area contributed by atoms with Crippen LogP contribution in [-0.4, -0.2) is 29.3 Å². The number of aromatic amines is 2. The van der Waals surface area contributed by atoms with E-state index in [1.54, 1.807) is 19.1 Å². The van der Waals surface area contributed by atoms with Gasteiger partial charge in [0.2, 0.25) is 15.0 Å². The van der Waals surface area contributed by atoms with Crippen LogP contribution < -0.4 is 5.73 Å². The molecule has 1 amide bonds. The molecule has 22 heavy (non-hydrogen) atoms. The van der Waals surface area contributed by atoms with Crippen molar-refractivity contribution in [2.75, 3.05) is 0 Å². The van der Waals surface area contributed by atoms with Crippen LogP contribution in [0.5, 0.6) is 0 Å². The molecular weight excluding hydrogens is 328 g/mol. The molecule has 0 aliphatic heterocycles. The second-order valence-electron chi connectivity index (χ2n) is 4.76. The van der Waals surface area contributed by atoms with Crippen LogP contribution in [0.1, 0.15) is 16.2 Å². The van der Waals surface area contributed by atoms with E-state index >= 15 is 0 Å². The largest absolute Gasteiger partial charge is 0.364 e. The van der Waals surface area contributed by atoms with Gasteiger partial charge in [-0.05, 0) is 25.1 Å². The Morgan fingerprint density at radius 3 is 2.64 bits per heavy atom. The van der Waals surface area contributed by atoms with Crippen molar-refractivity contribution >= 4 is 38.2 Å². The van der Waals surface area contributed by atoms with Gasteiger partial charge in [0.1, 0.15) is 10.6 Å². The molecule has 7 nitrogen and oxygen atoms in total. The lowest BCUT2D eigenvalue weighted by atomic mass is 10.2. The van der Waals surface area contributed by atoms with E-state index in [0.717, 1.165) is 0 Å². The van der Waals surface area contributed by atoms with Gasteiger partial charge >= 0.3 is 0 Å². The van der Waals surface area contributed by atoms with Crippen LogP contribution in [0.3, 0.4) is 0 Å². The highest BCUT2D eigenvalue weighted by molar-refractivity contribution is 7.91. The van der Waals surface area contributed by atoms with Crippen LogP contribution in [0.4, 0.5) is 0 Å². The lowest BCUT2D eigenvalue weighted by Crippen LogP contribution is -2.16. The number of sulfone groups is 1. The molecular formula is C13H11ClN4O3S. The quantitative estimate of drug-likeness (QED) is 0.673. The fourth-order valence-corrected chi connectivity index (χ4v) is 3.94. The minimum atomic E-state index is -4.05. The van der Waals surface area contributed by atoms with Crippen LogP contribution in [-0.2, 0) is 9.84 Å². The molecule has 0 fully saturated rings. The average Bonchev–Trinajstić information content (AvgIpc) is 3.02. The van der Waals surface area contributed by atoms with Crippen LogP contribution in [0.15, 0.2) is 34.4 Å². The van der Waals surface area contributed by atoms with Crippen molar-refractivity contribution < 1.29 is 13.2 Å². The number of nitrogens with zero attached hydrogens (tertiary/aromatic N) is 1. The minimum Gasteiger partial charge on any atom is -0.364 e. The first-order valence-electron chi connectivity index (χ1n) is 6.18. The average molecular weight is 339 g/mol. The predicted molar refractivity (Wildman–Crippen MR) is 80.6 cm³/mol. The van der Waals surface area contributed by atoms with Gasteiger partial charge in [-0.2, -0.15) is 0 Å². The van der Waals surface area contributed by atoms with E-state index in [1.807, 2.05) is 0 Å². The Morgan fingerprint density at radius 2 is 2.05 bits per heavy atom. The van der Waals surface area contributed by atoms with Crippen molar-refractivity contribution in [3.63, 3.8) is 0 Å². The number of aromatic nitrogens is 3. The number of fused-ring (bicyclic) bond motifs is 1. The molecule has 0 saturated heterocycles. The van der Waals surface area contributed by atoms with E-state index in [2.05, 4.69) is 15.0 Å². The van der Waals surface area contributed by atoms with Crippen molar-refractivity contribution in [2.24, 2.45) is 5.73 Å². The van der Waals surface area contributed by atoms with E-state index in [-0.39, 0.29) is 21.1 Å². The van der Waals surface area contributed by atoms with Crippen molar-refractivity contribution in [2.45, 2.75) is 17.0 Å². The second kappa shape index (κ2) is 4.85. The Labute approximate surface area is 130 Å². The summed E-state index contributed by atoms with van der Waals surface area (Å²) in [6, 6.07) is 4.62. The molecule has 0 atom stereocenters. The number of halogens is 1. The summed E-state index contributed by atoms with van der Waals surface area (Å²) >= 11 is 5.93. The molecule has 9 heteroatoms. The number of nitrogens with one attached hydrogen (secondary N) is 2. The van der Waals surface area contributed by atoms with Gasteiger partial charge in [-0.15, -0.1) is 0 Å². The topological polar surface area (TPSA) is 122 Å². The molecule has 0 unspecified atom stereocenters. The smallest absolute Gasteiger partial charge is 0.266 e. The Morgan fingerprint density at radius 1 is 1.32 bits per heavy atom. The summed E-state index contributed by atoms with van der Waals surface area (Å²) in [4.78, 5) is 20.6. The lowest BCUT2D eigenvalue weighted by molar-refractivity contribution is 0.0993. The van der Waals surface area contributed by atoms with E-state index < -0.39 is 15.7 Å². The van der Waals surface area contributed by atoms with E-state index in [1.165, 1.54) is 12.3 Å². The SMILES string of the molecule is Cc1cnc(S(=O)(=O)c2c(C(N)=O)[nH]c3ccc(Cl)cc23)[nH]1. The highest BCUT2D eigenvalue weighted by Gasteiger charge is 2.30. The predicted octanol–water partition coefficient (Wildman–Crippen LogP) is 1.78. The number of carbonyl (C=O) groups is 1. The molecule has 0 aliphatic rings. The summed E-state index contributed by atoms with van der Waals surface area (Å²) in [6.45, 7) is 1.67. The lowest BCUT2D eigenvalue weighted by Gasteiger charge is -2.02. The van der Waals surface area contributed by atoms with Gasteiger partial charge in [0, 0.05) is 27.8 Å². The van der Waals surface area contributed by atoms with Crippen LogP contribution in [0, 0.1) is 6.92 Å². The summed E-state index contributed by atoms with van der Waals surface area (Å²) in [5.74, 6) is -0.880. The Bertz CT molecular complexity index is 1000. The number of H-pyrrole nitrogens is 2. The third kappa shape index (κ3) is 2.16. The zero-order valence-electron chi connectivity index (χ0n) is 11.3. The molecule has 0 spiro atoms. The van der Waals surface area contributed by atoms with Crippen molar-refractivity contribution in [3.8, 4) is 0 Å². The summed E-state index contributed by atoms with van der Waals surface area (Å²) < 4.78 is 25.6. The molecule has 4 N–H and O–H groups in total. The van der Waals surface area contributed by atoms with Gasteiger partial charge in [0.15, 0.2) is 0 Å². The zero-order valence-corrected chi connectivity index (χ0v) is 12.9. The number of nitrogens with two attached hydrogens (primary N) is 1. The standard InChI is InChI=1S/C13H11ClN4O3S/c1-6-5-16-13(17-6)22(20,21)11-8-4-7(14)2-3-9(8)18-10(11)12(15)19/h2-5,18H,1H3,(H2,15,19)(H,16,17). The fraction of sp³-hybridized carbons (Fsp3) is 0.0769. The normalized spacial score (nSPS) is 11.9. The first-order valence-corrected chi connectivity index (χ1v) is 8.04. The number of aryl methyl sites for hydroxylation is 1. The molecule has 3 aromatic rings. The van der Waals surface area contributed by atoms with E-state index in [0.29, 0.717) is 16.2 Å². The maximum absolute atomic E-state index is 12.8. The Hall–Kier alpha value is -2.32. The van der Waals surface area contributed by atoms with Crippen LogP contribution in [0.25, 0.3) is 10.9 Å². The summed E-state index contributed by atoms with van der Waals surface area (Å²) in [5.41, 5.74) is 6.12. The van der Waals surface area contributed by atoms with Gasteiger partial charge in [-0.1, -0.05) is 11.6 Å².